The zero-order valence-electron chi connectivity index (χ0n) is 10.6. The van der Waals surface area contributed by atoms with E-state index in [4.69, 9.17) is 9.84 Å². The number of carboxylic acid groups (broad SMARTS) is 1. The second-order valence-corrected chi connectivity index (χ2v) is 4.72. The molecule has 18 heavy (non-hydrogen) atoms. The first-order chi connectivity index (χ1) is 8.60. The molecule has 1 unspecified atom stereocenters. The standard InChI is InChI=1S/C13H18BrNO3/c1-3-11(13(16)17)18-12-9(8-15-4-2)6-5-7-10(12)14/h5-7,11,15H,3-4,8H2,1-2H3,(H,16,17). The first-order valence-electron chi connectivity index (χ1n) is 5.97. The van der Waals surface area contributed by atoms with Crippen LogP contribution < -0.4 is 10.1 Å². The fraction of sp³-hybridized carbons (Fsp3) is 0.462. The summed E-state index contributed by atoms with van der Waals surface area (Å²) in [5.74, 6) is -0.338. The van der Waals surface area contributed by atoms with Crippen LogP contribution >= 0.6 is 15.9 Å². The van der Waals surface area contributed by atoms with Crippen LogP contribution in [0.25, 0.3) is 0 Å². The van der Waals surface area contributed by atoms with E-state index in [1.54, 1.807) is 6.92 Å². The number of hydrogen-bond donors (Lipinski definition) is 2. The lowest BCUT2D eigenvalue weighted by Gasteiger charge is -2.18. The van der Waals surface area contributed by atoms with Crippen molar-refractivity contribution < 1.29 is 14.6 Å². The van der Waals surface area contributed by atoms with Gasteiger partial charge in [0.25, 0.3) is 0 Å². The summed E-state index contributed by atoms with van der Waals surface area (Å²) in [5.41, 5.74) is 0.950. The van der Waals surface area contributed by atoms with E-state index in [0.717, 1.165) is 16.6 Å². The van der Waals surface area contributed by atoms with Gasteiger partial charge < -0.3 is 15.2 Å². The Labute approximate surface area is 115 Å². The van der Waals surface area contributed by atoms with E-state index in [0.29, 0.717) is 18.7 Å². The van der Waals surface area contributed by atoms with Crippen LogP contribution in [0.5, 0.6) is 5.75 Å². The second kappa shape index (κ2) is 7.38. The van der Waals surface area contributed by atoms with Gasteiger partial charge in [-0.15, -0.1) is 0 Å². The maximum Gasteiger partial charge on any atom is 0.344 e. The maximum atomic E-state index is 11.0. The Balaban J connectivity index is 2.94. The van der Waals surface area contributed by atoms with Gasteiger partial charge in [-0.2, -0.15) is 0 Å². The van der Waals surface area contributed by atoms with Crippen LogP contribution in [0.15, 0.2) is 22.7 Å². The summed E-state index contributed by atoms with van der Waals surface area (Å²) in [4.78, 5) is 11.0. The number of benzene rings is 1. The van der Waals surface area contributed by atoms with Gasteiger partial charge >= 0.3 is 5.97 Å². The van der Waals surface area contributed by atoms with Crippen molar-refractivity contribution in [2.45, 2.75) is 32.9 Å². The summed E-state index contributed by atoms with van der Waals surface area (Å²) in [5, 5.41) is 12.2. The van der Waals surface area contributed by atoms with Crippen LogP contribution in [-0.2, 0) is 11.3 Å². The quantitative estimate of drug-likeness (QED) is 0.812. The average molecular weight is 316 g/mol. The van der Waals surface area contributed by atoms with Gasteiger partial charge in [0, 0.05) is 12.1 Å². The van der Waals surface area contributed by atoms with E-state index < -0.39 is 12.1 Å². The smallest absolute Gasteiger partial charge is 0.344 e. The predicted octanol–water partition coefficient (Wildman–Crippen LogP) is 2.80. The van der Waals surface area contributed by atoms with E-state index in [1.165, 1.54) is 0 Å². The number of halogens is 1. The van der Waals surface area contributed by atoms with Crippen molar-refractivity contribution in [3.63, 3.8) is 0 Å². The van der Waals surface area contributed by atoms with Gasteiger partial charge in [-0.3, -0.25) is 0 Å². The molecule has 0 heterocycles. The molecule has 1 rings (SSSR count). The van der Waals surface area contributed by atoms with Gasteiger partial charge in [0.15, 0.2) is 6.10 Å². The SMILES string of the molecule is CCNCc1cccc(Br)c1OC(CC)C(=O)O. The molecule has 0 saturated carbocycles. The molecule has 0 saturated heterocycles. The molecule has 0 spiro atoms. The van der Waals surface area contributed by atoms with E-state index >= 15 is 0 Å². The molecule has 0 aliphatic carbocycles. The molecule has 1 aromatic carbocycles. The molecular weight excluding hydrogens is 298 g/mol. The van der Waals surface area contributed by atoms with Crippen LogP contribution in [0.3, 0.4) is 0 Å². The zero-order valence-corrected chi connectivity index (χ0v) is 12.2. The van der Waals surface area contributed by atoms with Gasteiger partial charge in [-0.05, 0) is 35.0 Å². The number of nitrogens with one attached hydrogen (secondary N) is 1. The average Bonchev–Trinajstić information content (AvgIpc) is 2.34. The maximum absolute atomic E-state index is 11.0. The van der Waals surface area contributed by atoms with Crippen molar-refractivity contribution in [1.29, 1.82) is 0 Å². The van der Waals surface area contributed by atoms with Crippen molar-refractivity contribution in [2.75, 3.05) is 6.54 Å². The lowest BCUT2D eigenvalue weighted by molar-refractivity contribution is -0.145. The molecule has 5 heteroatoms. The van der Waals surface area contributed by atoms with Crippen molar-refractivity contribution in [3.05, 3.63) is 28.2 Å². The number of para-hydroxylation sites is 1. The zero-order chi connectivity index (χ0) is 13.5. The number of rotatable bonds is 7. The molecule has 2 N–H and O–H groups in total. The van der Waals surface area contributed by atoms with Gasteiger partial charge in [0.05, 0.1) is 4.47 Å². The normalized spacial score (nSPS) is 12.2. The Morgan fingerprint density at radius 3 is 2.78 bits per heavy atom. The largest absolute Gasteiger partial charge is 0.479 e. The van der Waals surface area contributed by atoms with Crippen molar-refractivity contribution in [2.24, 2.45) is 0 Å². The van der Waals surface area contributed by atoms with E-state index in [-0.39, 0.29) is 0 Å². The highest BCUT2D eigenvalue weighted by Gasteiger charge is 2.19. The monoisotopic (exact) mass is 315 g/mol. The van der Waals surface area contributed by atoms with Gasteiger partial charge in [0.1, 0.15) is 5.75 Å². The highest BCUT2D eigenvalue weighted by atomic mass is 79.9. The van der Waals surface area contributed by atoms with E-state index in [9.17, 15) is 4.79 Å². The van der Waals surface area contributed by atoms with Crippen LogP contribution in [-0.4, -0.2) is 23.7 Å². The summed E-state index contributed by atoms with van der Waals surface area (Å²) in [7, 11) is 0. The number of aliphatic carboxylic acids is 1. The molecule has 0 bridgehead atoms. The van der Waals surface area contributed by atoms with Crippen molar-refractivity contribution in [3.8, 4) is 5.75 Å². The first kappa shape index (κ1) is 15.0. The van der Waals surface area contributed by atoms with E-state index in [1.807, 2.05) is 25.1 Å². The molecule has 1 aromatic rings. The molecule has 0 aliphatic rings. The molecular formula is C13H18BrNO3. The van der Waals surface area contributed by atoms with E-state index in [2.05, 4.69) is 21.2 Å². The predicted molar refractivity (Wildman–Crippen MR) is 73.9 cm³/mol. The lowest BCUT2D eigenvalue weighted by Crippen LogP contribution is -2.27. The number of carbonyl (C=O) groups is 1. The number of ether oxygens (including phenoxy) is 1. The fourth-order valence-electron chi connectivity index (χ4n) is 1.53. The summed E-state index contributed by atoms with van der Waals surface area (Å²) in [6.07, 6.45) is -0.388. The summed E-state index contributed by atoms with van der Waals surface area (Å²) >= 11 is 3.40. The Morgan fingerprint density at radius 1 is 1.50 bits per heavy atom. The van der Waals surface area contributed by atoms with Gasteiger partial charge in [-0.1, -0.05) is 26.0 Å². The van der Waals surface area contributed by atoms with Crippen LogP contribution in [0.4, 0.5) is 0 Å². The summed E-state index contributed by atoms with van der Waals surface area (Å²) in [6.45, 7) is 5.31. The molecule has 0 aromatic heterocycles. The Kier molecular flexibility index (Phi) is 6.15. The minimum atomic E-state index is -0.942. The molecule has 4 nitrogen and oxygen atoms in total. The second-order valence-electron chi connectivity index (χ2n) is 3.86. The molecule has 100 valence electrons. The summed E-state index contributed by atoms with van der Waals surface area (Å²) in [6, 6.07) is 5.68. The lowest BCUT2D eigenvalue weighted by atomic mass is 10.2. The molecule has 0 radical (unpaired) electrons. The third-order valence-corrected chi connectivity index (χ3v) is 3.14. The molecule has 0 aliphatic heterocycles. The third kappa shape index (κ3) is 3.99. The first-order valence-corrected chi connectivity index (χ1v) is 6.77. The molecule has 1 atom stereocenters. The fourth-order valence-corrected chi connectivity index (χ4v) is 2.04. The third-order valence-electron chi connectivity index (χ3n) is 2.52. The molecule has 0 amide bonds. The van der Waals surface area contributed by atoms with Crippen molar-refractivity contribution in [1.82, 2.24) is 5.32 Å². The Bertz CT molecular complexity index is 409. The van der Waals surface area contributed by atoms with Crippen molar-refractivity contribution >= 4 is 21.9 Å². The highest BCUT2D eigenvalue weighted by Crippen LogP contribution is 2.30. The Hall–Kier alpha value is -1.07. The topological polar surface area (TPSA) is 58.6 Å². The number of hydrogen-bond acceptors (Lipinski definition) is 3. The number of carboxylic acids is 1. The summed E-state index contributed by atoms with van der Waals surface area (Å²) < 4.78 is 6.37. The van der Waals surface area contributed by atoms with Crippen LogP contribution in [0, 0.1) is 0 Å². The van der Waals surface area contributed by atoms with Gasteiger partial charge in [-0.25, -0.2) is 4.79 Å². The minimum Gasteiger partial charge on any atom is -0.479 e. The van der Waals surface area contributed by atoms with Crippen LogP contribution in [0.2, 0.25) is 0 Å². The van der Waals surface area contributed by atoms with Gasteiger partial charge in [0.2, 0.25) is 0 Å². The van der Waals surface area contributed by atoms with Crippen LogP contribution in [0.1, 0.15) is 25.8 Å². The Morgan fingerprint density at radius 2 is 2.22 bits per heavy atom. The molecule has 0 fully saturated rings. The highest BCUT2D eigenvalue weighted by molar-refractivity contribution is 9.10. The minimum absolute atomic E-state index is 0.428.